The second kappa shape index (κ2) is 11.3. The molecule has 2 nitrogen and oxygen atoms in total. The lowest BCUT2D eigenvalue weighted by molar-refractivity contribution is -0.108. The standard InChI is InChI=1S/C41H28O2/c42-36-26-24-33(25-27-36)38-37(32-14-8-3-9-15-32)39(34-20-16-30(17-21-34)28-10-4-1-5-11-28)41(43)40(38)35-22-18-31(19-23-35)29-12-6-2-7-13-29/h1-27,42H. The molecular formula is C41H28O2. The first-order valence-electron chi connectivity index (χ1n) is 14.4. The van der Waals surface area contributed by atoms with Crippen LogP contribution >= 0.6 is 0 Å². The molecule has 0 heterocycles. The zero-order valence-corrected chi connectivity index (χ0v) is 23.4. The summed E-state index contributed by atoms with van der Waals surface area (Å²) in [6.07, 6.45) is 0. The first kappa shape index (κ1) is 26.2. The maximum atomic E-state index is 14.7. The molecule has 0 spiro atoms. The highest BCUT2D eigenvalue weighted by Gasteiger charge is 2.35. The SMILES string of the molecule is O=C1C(c2ccc(-c3ccccc3)cc2)=C(c2ccccc2)C(c2ccc(O)cc2)=C1c1ccc(-c2ccccc2)cc1. The maximum absolute atomic E-state index is 14.7. The van der Waals surface area contributed by atoms with Crippen molar-refractivity contribution in [2.75, 3.05) is 0 Å². The van der Waals surface area contributed by atoms with E-state index in [1.807, 2.05) is 91.0 Å². The lowest BCUT2D eigenvalue weighted by Crippen LogP contribution is -2.02. The van der Waals surface area contributed by atoms with E-state index in [1.165, 1.54) is 0 Å². The number of hydrogen-bond acceptors (Lipinski definition) is 2. The van der Waals surface area contributed by atoms with Crippen molar-refractivity contribution in [2.24, 2.45) is 0 Å². The van der Waals surface area contributed by atoms with Crippen LogP contribution in [0.3, 0.4) is 0 Å². The number of hydrogen-bond donors (Lipinski definition) is 1. The van der Waals surface area contributed by atoms with E-state index in [0.717, 1.165) is 55.7 Å². The molecule has 1 aliphatic rings. The fraction of sp³-hybridized carbons (Fsp3) is 0. The van der Waals surface area contributed by atoms with Crippen molar-refractivity contribution in [1.29, 1.82) is 0 Å². The topological polar surface area (TPSA) is 37.3 Å². The predicted octanol–water partition coefficient (Wildman–Crippen LogP) is 9.83. The molecule has 1 N–H and O–H groups in total. The second-order valence-electron chi connectivity index (χ2n) is 10.6. The highest BCUT2D eigenvalue weighted by molar-refractivity contribution is 6.59. The number of ketones is 1. The number of aromatic hydroxyl groups is 1. The Kier molecular flexibility index (Phi) is 6.86. The Labute approximate surface area is 251 Å². The third-order valence-corrected chi connectivity index (χ3v) is 7.98. The lowest BCUT2D eigenvalue weighted by Gasteiger charge is -2.14. The summed E-state index contributed by atoms with van der Waals surface area (Å²) in [5, 5.41) is 10.1. The summed E-state index contributed by atoms with van der Waals surface area (Å²) in [7, 11) is 0. The summed E-state index contributed by atoms with van der Waals surface area (Å²) in [5.74, 6) is 0.172. The Balaban J connectivity index is 1.43. The van der Waals surface area contributed by atoms with Crippen LogP contribution in [0.4, 0.5) is 0 Å². The number of phenols is 1. The number of rotatable bonds is 6. The molecule has 0 saturated carbocycles. The third-order valence-electron chi connectivity index (χ3n) is 7.98. The fourth-order valence-electron chi connectivity index (χ4n) is 5.88. The smallest absolute Gasteiger partial charge is 0.195 e. The van der Waals surface area contributed by atoms with Crippen LogP contribution in [-0.2, 0) is 4.79 Å². The van der Waals surface area contributed by atoms with Crippen LogP contribution in [0.2, 0.25) is 0 Å². The third kappa shape index (κ3) is 5.00. The molecule has 1 aliphatic carbocycles. The van der Waals surface area contributed by atoms with E-state index in [0.29, 0.717) is 11.1 Å². The zero-order chi connectivity index (χ0) is 29.2. The van der Waals surface area contributed by atoms with Gasteiger partial charge in [0.1, 0.15) is 5.75 Å². The molecule has 0 amide bonds. The molecule has 43 heavy (non-hydrogen) atoms. The average Bonchev–Trinajstić information content (AvgIpc) is 3.39. The van der Waals surface area contributed by atoms with Crippen LogP contribution < -0.4 is 0 Å². The van der Waals surface area contributed by atoms with Crippen molar-refractivity contribution in [3.05, 3.63) is 186 Å². The minimum Gasteiger partial charge on any atom is -0.508 e. The van der Waals surface area contributed by atoms with Crippen LogP contribution in [0.15, 0.2) is 164 Å². The fourth-order valence-corrected chi connectivity index (χ4v) is 5.88. The molecule has 0 saturated heterocycles. The van der Waals surface area contributed by atoms with Gasteiger partial charge in [0.25, 0.3) is 0 Å². The summed E-state index contributed by atoms with van der Waals surface area (Å²) >= 11 is 0. The molecule has 204 valence electrons. The Hall–Kier alpha value is -5.73. The van der Waals surface area contributed by atoms with E-state index < -0.39 is 0 Å². The first-order valence-corrected chi connectivity index (χ1v) is 14.4. The molecule has 6 aromatic rings. The van der Waals surface area contributed by atoms with Crippen LogP contribution in [-0.4, -0.2) is 10.9 Å². The van der Waals surface area contributed by atoms with Gasteiger partial charge in [-0.15, -0.1) is 0 Å². The Morgan fingerprint density at radius 3 is 0.930 bits per heavy atom. The highest BCUT2D eigenvalue weighted by atomic mass is 16.3. The summed E-state index contributed by atoms with van der Waals surface area (Å²) in [5.41, 5.74) is 11.1. The van der Waals surface area contributed by atoms with Gasteiger partial charge in [0.05, 0.1) is 0 Å². The normalized spacial score (nSPS) is 13.1. The van der Waals surface area contributed by atoms with Gasteiger partial charge >= 0.3 is 0 Å². The molecule has 0 radical (unpaired) electrons. The molecule has 2 heteroatoms. The molecular weight excluding hydrogens is 524 g/mol. The van der Waals surface area contributed by atoms with Gasteiger partial charge in [0.15, 0.2) is 5.78 Å². The Bertz CT molecular complexity index is 1970. The summed E-state index contributed by atoms with van der Waals surface area (Å²) in [6.45, 7) is 0. The van der Waals surface area contributed by atoms with Gasteiger partial charge in [0, 0.05) is 22.3 Å². The number of allylic oxidation sites excluding steroid dienone is 4. The van der Waals surface area contributed by atoms with E-state index in [2.05, 4.69) is 60.7 Å². The molecule has 6 aromatic carbocycles. The van der Waals surface area contributed by atoms with Crippen LogP contribution in [0, 0.1) is 0 Å². The summed E-state index contributed by atoms with van der Waals surface area (Å²) < 4.78 is 0. The van der Waals surface area contributed by atoms with E-state index in [-0.39, 0.29) is 11.5 Å². The average molecular weight is 553 g/mol. The minimum absolute atomic E-state index is 0.0122. The van der Waals surface area contributed by atoms with E-state index in [4.69, 9.17) is 0 Å². The van der Waals surface area contributed by atoms with Gasteiger partial charge < -0.3 is 5.11 Å². The van der Waals surface area contributed by atoms with Crippen LogP contribution in [0.25, 0.3) is 44.5 Å². The first-order chi connectivity index (χ1) is 21.2. The van der Waals surface area contributed by atoms with Gasteiger partial charge in [-0.1, -0.05) is 152 Å². The lowest BCUT2D eigenvalue weighted by atomic mass is 9.89. The predicted molar refractivity (Wildman–Crippen MR) is 177 cm³/mol. The van der Waals surface area contributed by atoms with Crippen LogP contribution in [0.5, 0.6) is 5.75 Å². The van der Waals surface area contributed by atoms with Crippen LogP contribution in [0.1, 0.15) is 22.3 Å². The molecule has 0 bridgehead atoms. The van der Waals surface area contributed by atoms with Gasteiger partial charge in [-0.25, -0.2) is 0 Å². The van der Waals surface area contributed by atoms with E-state index in [1.54, 1.807) is 12.1 Å². The molecule has 0 fully saturated rings. The minimum atomic E-state index is -0.0122. The molecule has 0 aliphatic heterocycles. The number of carbonyl (C=O) groups is 1. The Morgan fingerprint density at radius 2 is 0.535 bits per heavy atom. The monoisotopic (exact) mass is 552 g/mol. The van der Waals surface area contributed by atoms with Gasteiger partial charge in [-0.05, 0) is 56.6 Å². The van der Waals surface area contributed by atoms with Gasteiger partial charge in [-0.3, -0.25) is 4.79 Å². The van der Waals surface area contributed by atoms with Gasteiger partial charge in [0.2, 0.25) is 0 Å². The number of carbonyl (C=O) groups excluding carboxylic acids is 1. The molecule has 0 aromatic heterocycles. The molecule has 0 atom stereocenters. The molecule has 0 unspecified atom stereocenters. The van der Waals surface area contributed by atoms with E-state index in [9.17, 15) is 9.90 Å². The summed E-state index contributed by atoms with van der Waals surface area (Å²) in [4.78, 5) is 14.7. The number of Topliss-reactive ketones (excluding diaryl/α,β-unsaturated/α-hetero) is 1. The van der Waals surface area contributed by atoms with Crippen molar-refractivity contribution in [2.45, 2.75) is 0 Å². The summed E-state index contributed by atoms with van der Waals surface area (Å²) in [6, 6.07) is 54.2. The highest BCUT2D eigenvalue weighted by Crippen LogP contribution is 2.50. The van der Waals surface area contributed by atoms with Crippen molar-refractivity contribution in [1.82, 2.24) is 0 Å². The van der Waals surface area contributed by atoms with Gasteiger partial charge in [-0.2, -0.15) is 0 Å². The number of benzene rings is 6. The van der Waals surface area contributed by atoms with Crippen molar-refractivity contribution in [3.8, 4) is 28.0 Å². The zero-order valence-electron chi connectivity index (χ0n) is 23.4. The quantitative estimate of drug-likeness (QED) is 0.223. The number of phenolic OH excluding ortho intramolecular Hbond substituents is 1. The van der Waals surface area contributed by atoms with Crippen molar-refractivity contribution < 1.29 is 9.90 Å². The second-order valence-corrected chi connectivity index (χ2v) is 10.6. The Morgan fingerprint density at radius 1 is 0.279 bits per heavy atom. The van der Waals surface area contributed by atoms with Crippen molar-refractivity contribution >= 4 is 28.1 Å². The van der Waals surface area contributed by atoms with E-state index >= 15 is 0 Å². The van der Waals surface area contributed by atoms with Crippen molar-refractivity contribution in [3.63, 3.8) is 0 Å². The maximum Gasteiger partial charge on any atom is 0.195 e. The largest absolute Gasteiger partial charge is 0.508 e. The molecule has 7 rings (SSSR count).